The third kappa shape index (κ3) is 3.01. The SMILES string of the molecule is CC(C)N1CCCC1Cc1nc2cccnc2n1CCCO. The van der Waals surface area contributed by atoms with Gasteiger partial charge in [-0.15, -0.1) is 0 Å². The molecule has 3 heterocycles. The summed E-state index contributed by atoms with van der Waals surface area (Å²) in [4.78, 5) is 11.9. The van der Waals surface area contributed by atoms with Gasteiger partial charge in [0, 0.05) is 37.9 Å². The van der Waals surface area contributed by atoms with Crippen molar-refractivity contribution < 1.29 is 5.11 Å². The summed E-state index contributed by atoms with van der Waals surface area (Å²) >= 11 is 0. The molecule has 2 aromatic rings. The Kier molecular flexibility index (Phi) is 4.74. The highest BCUT2D eigenvalue weighted by atomic mass is 16.3. The molecule has 0 aromatic carbocycles. The Balaban J connectivity index is 1.88. The van der Waals surface area contributed by atoms with Crippen LogP contribution in [0.25, 0.3) is 11.2 Å². The molecule has 1 saturated heterocycles. The fraction of sp³-hybridized carbons (Fsp3) is 0.647. The molecule has 1 N–H and O–H groups in total. The predicted molar refractivity (Wildman–Crippen MR) is 87.8 cm³/mol. The van der Waals surface area contributed by atoms with Crippen molar-refractivity contribution in [3.63, 3.8) is 0 Å². The van der Waals surface area contributed by atoms with Gasteiger partial charge in [-0.1, -0.05) is 0 Å². The van der Waals surface area contributed by atoms with E-state index < -0.39 is 0 Å². The van der Waals surface area contributed by atoms with E-state index in [1.165, 1.54) is 19.4 Å². The maximum atomic E-state index is 9.16. The molecule has 120 valence electrons. The molecule has 3 rings (SSSR count). The van der Waals surface area contributed by atoms with Crippen LogP contribution in [-0.4, -0.2) is 49.8 Å². The zero-order valence-electron chi connectivity index (χ0n) is 13.6. The Hall–Kier alpha value is -1.46. The minimum absolute atomic E-state index is 0.202. The van der Waals surface area contributed by atoms with Crippen LogP contribution < -0.4 is 0 Å². The second-order valence-electron chi connectivity index (χ2n) is 6.43. The van der Waals surface area contributed by atoms with Gasteiger partial charge >= 0.3 is 0 Å². The summed E-state index contributed by atoms with van der Waals surface area (Å²) in [5.74, 6) is 1.11. The lowest BCUT2D eigenvalue weighted by molar-refractivity contribution is 0.199. The van der Waals surface area contributed by atoms with E-state index in [0.717, 1.165) is 36.4 Å². The minimum Gasteiger partial charge on any atom is -0.396 e. The number of nitrogens with zero attached hydrogens (tertiary/aromatic N) is 4. The molecule has 0 amide bonds. The Morgan fingerprint density at radius 3 is 3.05 bits per heavy atom. The van der Waals surface area contributed by atoms with E-state index in [-0.39, 0.29) is 6.61 Å². The fourth-order valence-electron chi connectivity index (χ4n) is 3.59. The van der Waals surface area contributed by atoms with Crippen LogP contribution in [0.5, 0.6) is 0 Å². The average Bonchev–Trinajstić information content (AvgIpc) is 3.10. The second-order valence-corrected chi connectivity index (χ2v) is 6.43. The molecule has 1 aliphatic rings. The molecule has 1 aliphatic heterocycles. The third-order valence-corrected chi connectivity index (χ3v) is 4.63. The molecular formula is C17H26N4O. The summed E-state index contributed by atoms with van der Waals surface area (Å²) in [7, 11) is 0. The van der Waals surface area contributed by atoms with Gasteiger partial charge in [-0.05, 0) is 51.8 Å². The van der Waals surface area contributed by atoms with Gasteiger partial charge in [-0.2, -0.15) is 0 Å². The molecule has 1 fully saturated rings. The summed E-state index contributed by atoms with van der Waals surface area (Å²) in [6.45, 7) is 6.72. The summed E-state index contributed by atoms with van der Waals surface area (Å²) in [5.41, 5.74) is 1.91. The van der Waals surface area contributed by atoms with E-state index >= 15 is 0 Å². The molecule has 22 heavy (non-hydrogen) atoms. The summed E-state index contributed by atoms with van der Waals surface area (Å²) in [6.07, 6.45) is 6.06. The molecule has 1 atom stereocenters. The van der Waals surface area contributed by atoms with Crippen molar-refractivity contribution in [2.75, 3.05) is 13.2 Å². The highest BCUT2D eigenvalue weighted by molar-refractivity contribution is 5.71. The number of aryl methyl sites for hydroxylation is 1. The van der Waals surface area contributed by atoms with Crippen LogP contribution in [0.3, 0.4) is 0 Å². The number of fused-ring (bicyclic) bond motifs is 1. The summed E-state index contributed by atoms with van der Waals surface area (Å²) in [6, 6.07) is 5.12. The maximum absolute atomic E-state index is 9.16. The van der Waals surface area contributed by atoms with Crippen LogP contribution in [0, 0.1) is 0 Å². The number of likely N-dealkylation sites (tertiary alicyclic amines) is 1. The van der Waals surface area contributed by atoms with E-state index in [2.05, 4.69) is 28.3 Å². The molecule has 1 unspecified atom stereocenters. The summed E-state index contributed by atoms with van der Waals surface area (Å²) in [5, 5.41) is 9.16. The van der Waals surface area contributed by atoms with Crippen LogP contribution in [0.1, 0.15) is 38.9 Å². The third-order valence-electron chi connectivity index (χ3n) is 4.63. The van der Waals surface area contributed by atoms with Crippen molar-refractivity contribution in [2.45, 2.75) is 58.2 Å². The second kappa shape index (κ2) is 6.75. The van der Waals surface area contributed by atoms with Crippen molar-refractivity contribution in [2.24, 2.45) is 0 Å². The van der Waals surface area contributed by atoms with Crippen molar-refractivity contribution in [1.82, 2.24) is 19.4 Å². The van der Waals surface area contributed by atoms with Crippen LogP contribution in [-0.2, 0) is 13.0 Å². The maximum Gasteiger partial charge on any atom is 0.159 e. The van der Waals surface area contributed by atoms with Crippen LogP contribution in [0.15, 0.2) is 18.3 Å². The quantitative estimate of drug-likeness (QED) is 0.889. The highest BCUT2D eigenvalue weighted by Crippen LogP contribution is 2.24. The number of imidazole rings is 1. The van der Waals surface area contributed by atoms with Gasteiger partial charge in [0.25, 0.3) is 0 Å². The molecule has 0 bridgehead atoms. The number of aliphatic hydroxyl groups excluding tert-OH is 1. The summed E-state index contributed by atoms with van der Waals surface area (Å²) < 4.78 is 2.20. The van der Waals surface area contributed by atoms with Crippen molar-refractivity contribution in [3.05, 3.63) is 24.2 Å². The molecular weight excluding hydrogens is 276 g/mol. The predicted octanol–water partition coefficient (Wildman–Crippen LogP) is 2.23. The number of hydrogen-bond acceptors (Lipinski definition) is 4. The normalized spacial score (nSPS) is 19.5. The Labute approximate surface area is 132 Å². The first-order valence-electron chi connectivity index (χ1n) is 8.37. The molecule has 0 spiro atoms. The lowest BCUT2D eigenvalue weighted by Gasteiger charge is -2.28. The number of rotatable bonds is 6. The average molecular weight is 302 g/mol. The molecule has 2 aromatic heterocycles. The van der Waals surface area contributed by atoms with Crippen molar-refractivity contribution >= 4 is 11.2 Å². The van der Waals surface area contributed by atoms with Gasteiger partial charge in [0.05, 0.1) is 0 Å². The highest BCUT2D eigenvalue weighted by Gasteiger charge is 2.28. The molecule has 0 saturated carbocycles. The molecule has 5 nitrogen and oxygen atoms in total. The smallest absolute Gasteiger partial charge is 0.159 e. The van der Waals surface area contributed by atoms with E-state index in [1.807, 2.05) is 18.3 Å². The fourth-order valence-corrected chi connectivity index (χ4v) is 3.59. The molecule has 5 heteroatoms. The van der Waals surface area contributed by atoms with Crippen LogP contribution >= 0.6 is 0 Å². The van der Waals surface area contributed by atoms with Gasteiger partial charge in [0.15, 0.2) is 5.65 Å². The molecule has 0 radical (unpaired) electrons. The Morgan fingerprint density at radius 2 is 2.27 bits per heavy atom. The van der Waals surface area contributed by atoms with Gasteiger partial charge in [0.1, 0.15) is 11.3 Å². The van der Waals surface area contributed by atoms with E-state index in [9.17, 15) is 0 Å². The number of hydrogen-bond donors (Lipinski definition) is 1. The monoisotopic (exact) mass is 302 g/mol. The topological polar surface area (TPSA) is 54.2 Å². The standard InChI is InChI=1S/C17H26N4O/c1-13(2)20-9-4-6-14(20)12-16-19-15-7-3-8-18-17(15)21(16)10-5-11-22/h3,7-8,13-14,22H,4-6,9-12H2,1-2H3. The van der Waals surface area contributed by atoms with Gasteiger partial charge in [-0.25, -0.2) is 9.97 Å². The largest absolute Gasteiger partial charge is 0.396 e. The van der Waals surface area contributed by atoms with E-state index in [4.69, 9.17) is 10.1 Å². The first-order valence-corrected chi connectivity index (χ1v) is 8.37. The lowest BCUT2D eigenvalue weighted by atomic mass is 10.1. The zero-order valence-corrected chi connectivity index (χ0v) is 13.6. The van der Waals surface area contributed by atoms with Gasteiger partial charge in [-0.3, -0.25) is 4.90 Å². The number of aliphatic hydroxyl groups is 1. The first-order chi connectivity index (χ1) is 10.7. The van der Waals surface area contributed by atoms with E-state index in [1.54, 1.807) is 0 Å². The lowest BCUT2D eigenvalue weighted by Crippen LogP contribution is -2.37. The first kappa shape index (κ1) is 15.4. The Morgan fingerprint density at radius 1 is 1.41 bits per heavy atom. The Bertz CT molecular complexity index is 622. The van der Waals surface area contributed by atoms with Crippen molar-refractivity contribution in [1.29, 1.82) is 0 Å². The number of aromatic nitrogens is 3. The van der Waals surface area contributed by atoms with Gasteiger partial charge < -0.3 is 9.67 Å². The molecule has 0 aliphatic carbocycles. The minimum atomic E-state index is 0.202. The van der Waals surface area contributed by atoms with Crippen molar-refractivity contribution in [3.8, 4) is 0 Å². The van der Waals surface area contributed by atoms with Crippen LogP contribution in [0.2, 0.25) is 0 Å². The van der Waals surface area contributed by atoms with Gasteiger partial charge in [0.2, 0.25) is 0 Å². The van der Waals surface area contributed by atoms with Crippen LogP contribution in [0.4, 0.5) is 0 Å². The number of pyridine rings is 1. The van der Waals surface area contributed by atoms with E-state index in [0.29, 0.717) is 12.1 Å². The zero-order chi connectivity index (χ0) is 15.5.